The highest BCUT2D eigenvalue weighted by atomic mass is 16.5. The van der Waals surface area contributed by atoms with E-state index in [0.29, 0.717) is 12.3 Å². The van der Waals surface area contributed by atoms with Crippen LogP contribution in [0.3, 0.4) is 0 Å². The number of anilines is 1. The molecule has 3 rings (SSSR count). The monoisotopic (exact) mass is 370 g/mol. The highest BCUT2D eigenvalue weighted by Crippen LogP contribution is 2.33. The lowest BCUT2D eigenvalue weighted by Gasteiger charge is -2.40. The molecule has 2 atom stereocenters. The maximum absolute atomic E-state index is 12.9. The van der Waals surface area contributed by atoms with Crippen LogP contribution in [0.5, 0.6) is 11.5 Å². The Morgan fingerprint density at radius 3 is 2.70 bits per heavy atom. The van der Waals surface area contributed by atoms with Crippen molar-refractivity contribution in [3.05, 3.63) is 54.1 Å². The molecule has 0 saturated carbocycles. The molecule has 2 aromatic carbocycles. The molecule has 7 heteroatoms. The molecule has 2 aromatic rings. The summed E-state index contributed by atoms with van der Waals surface area (Å²) in [6.07, 6.45) is -0.907. The second kappa shape index (κ2) is 8.09. The Balaban J connectivity index is 1.90. The molecule has 0 aliphatic carbocycles. The number of carbonyl (C=O) groups excluding carboxylic acids is 2. The predicted molar refractivity (Wildman–Crippen MR) is 99.6 cm³/mol. The van der Waals surface area contributed by atoms with Crippen molar-refractivity contribution < 1.29 is 24.2 Å². The number of methoxy groups -OCH3 is 1. The van der Waals surface area contributed by atoms with E-state index in [1.165, 1.54) is 19.2 Å². The number of hydrogen-bond acceptors (Lipinski definition) is 5. The van der Waals surface area contributed by atoms with E-state index in [2.05, 4.69) is 5.32 Å². The second-order valence-electron chi connectivity index (χ2n) is 6.14. The second-order valence-corrected chi connectivity index (χ2v) is 6.14. The van der Waals surface area contributed by atoms with Crippen molar-refractivity contribution >= 4 is 17.5 Å². The summed E-state index contributed by atoms with van der Waals surface area (Å²) in [5, 5.41) is 12.7. The number of nitrogens with one attached hydrogen (secondary N) is 1. The van der Waals surface area contributed by atoms with E-state index < -0.39 is 18.1 Å². The third-order valence-corrected chi connectivity index (χ3v) is 4.53. The van der Waals surface area contributed by atoms with Gasteiger partial charge in [-0.05, 0) is 24.6 Å². The summed E-state index contributed by atoms with van der Waals surface area (Å²) in [5.74, 6) is -0.199. The van der Waals surface area contributed by atoms with Crippen LogP contribution in [0.25, 0.3) is 0 Å². The topological polar surface area (TPSA) is 88.1 Å². The normalized spacial score (nSPS) is 19.6. The summed E-state index contributed by atoms with van der Waals surface area (Å²) >= 11 is 0. The molecule has 2 amide bonds. The number of carbonyl (C=O) groups is 2. The standard InChI is InChI=1S/C20H22N2O5/c1-3-22-17(24)12-27-19(18(22)13-7-5-4-6-8-13)20(25)21-15-11-14(26-2)9-10-16(15)23/h4-11,18-19,23H,3,12H2,1-2H3,(H,21,25)/t18-,19+/m1/s1. The number of ether oxygens (including phenoxy) is 2. The highest BCUT2D eigenvalue weighted by molar-refractivity contribution is 5.97. The van der Waals surface area contributed by atoms with Gasteiger partial charge in [-0.15, -0.1) is 0 Å². The molecule has 0 bridgehead atoms. The SMILES string of the molecule is CCN1C(=O)CO[C@H](C(=O)Nc2cc(OC)ccc2O)[C@H]1c1ccccc1. The fraction of sp³-hybridized carbons (Fsp3) is 0.300. The zero-order valence-corrected chi connectivity index (χ0v) is 15.2. The summed E-state index contributed by atoms with van der Waals surface area (Å²) in [6, 6.07) is 13.3. The lowest BCUT2D eigenvalue weighted by Crippen LogP contribution is -2.53. The number of likely N-dealkylation sites (N-methyl/N-ethyl adjacent to an activating group) is 1. The molecular formula is C20H22N2O5. The Kier molecular flexibility index (Phi) is 5.61. The Morgan fingerprint density at radius 2 is 2.04 bits per heavy atom. The maximum atomic E-state index is 12.9. The van der Waals surface area contributed by atoms with Gasteiger partial charge in [0.1, 0.15) is 18.1 Å². The van der Waals surface area contributed by atoms with E-state index >= 15 is 0 Å². The summed E-state index contributed by atoms with van der Waals surface area (Å²) in [4.78, 5) is 26.9. The van der Waals surface area contributed by atoms with Crippen LogP contribution in [0, 0.1) is 0 Å². The van der Waals surface area contributed by atoms with Crippen molar-refractivity contribution in [3.8, 4) is 11.5 Å². The van der Waals surface area contributed by atoms with Gasteiger partial charge in [-0.1, -0.05) is 30.3 Å². The highest BCUT2D eigenvalue weighted by Gasteiger charge is 2.41. The van der Waals surface area contributed by atoms with Crippen LogP contribution < -0.4 is 10.1 Å². The molecule has 27 heavy (non-hydrogen) atoms. The molecule has 0 radical (unpaired) electrons. The van der Waals surface area contributed by atoms with Crippen LogP contribution in [0.15, 0.2) is 48.5 Å². The first-order valence-corrected chi connectivity index (χ1v) is 8.69. The zero-order chi connectivity index (χ0) is 19.4. The molecule has 7 nitrogen and oxygen atoms in total. The minimum atomic E-state index is -0.907. The molecule has 1 heterocycles. The van der Waals surface area contributed by atoms with E-state index in [1.807, 2.05) is 37.3 Å². The number of benzene rings is 2. The molecule has 1 aliphatic heterocycles. The van der Waals surface area contributed by atoms with Gasteiger partial charge in [0.25, 0.3) is 5.91 Å². The fourth-order valence-electron chi connectivity index (χ4n) is 3.20. The van der Waals surface area contributed by atoms with Crippen LogP contribution >= 0.6 is 0 Å². The number of amides is 2. The van der Waals surface area contributed by atoms with E-state index in [1.54, 1.807) is 11.0 Å². The number of morpholine rings is 1. The lowest BCUT2D eigenvalue weighted by atomic mass is 9.97. The van der Waals surface area contributed by atoms with Crippen LogP contribution in [0.2, 0.25) is 0 Å². The minimum absolute atomic E-state index is 0.0837. The van der Waals surface area contributed by atoms with Crippen LogP contribution in [0.1, 0.15) is 18.5 Å². The smallest absolute Gasteiger partial charge is 0.256 e. The molecule has 0 unspecified atom stereocenters. The minimum Gasteiger partial charge on any atom is -0.506 e. The van der Waals surface area contributed by atoms with Crippen molar-refractivity contribution in [1.29, 1.82) is 0 Å². The van der Waals surface area contributed by atoms with Gasteiger partial charge in [0.15, 0.2) is 6.10 Å². The van der Waals surface area contributed by atoms with Gasteiger partial charge in [-0.2, -0.15) is 0 Å². The first kappa shape index (κ1) is 18.7. The van der Waals surface area contributed by atoms with E-state index in [4.69, 9.17) is 9.47 Å². The van der Waals surface area contributed by atoms with Gasteiger partial charge < -0.3 is 24.8 Å². The molecule has 142 valence electrons. The molecule has 1 aliphatic rings. The molecule has 2 N–H and O–H groups in total. The third kappa shape index (κ3) is 3.88. The molecule has 1 saturated heterocycles. The lowest BCUT2D eigenvalue weighted by molar-refractivity contribution is -0.162. The van der Waals surface area contributed by atoms with Gasteiger partial charge in [0, 0.05) is 12.6 Å². The maximum Gasteiger partial charge on any atom is 0.256 e. The summed E-state index contributed by atoms with van der Waals surface area (Å²) in [5.41, 5.74) is 1.03. The first-order valence-electron chi connectivity index (χ1n) is 8.69. The number of nitrogens with zero attached hydrogens (tertiary/aromatic N) is 1. The van der Waals surface area contributed by atoms with Gasteiger partial charge in [-0.3, -0.25) is 9.59 Å². The van der Waals surface area contributed by atoms with E-state index in [9.17, 15) is 14.7 Å². The Bertz CT molecular complexity index is 824. The summed E-state index contributed by atoms with van der Waals surface area (Å²) < 4.78 is 10.7. The third-order valence-electron chi connectivity index (χ3n) is 4.53. The first-order chi connectivity index (χ1) is 13.0. The van der Waals surface area contributed by atoms with Gasteiger partial charge in [0.05, 0.1) is 18.8 Å². The van der Waals surface area contributed by atoms with Crippen molar-refractivity contribution in [1.82, 2.24) is 4.90 Å². The number of phenols is 1. The molecule has 1 fully saturated rings. The van der Waals surface area contributed by atoms with Crippen molar-refractivity contribution in [2.75, 3.05) is 25.6 Å². The molecular weight excluding hydrogens is 348 g/mol. The van der Waals surface area contributed by atoms with Crippen molar-refractivity contribution in [2.45, 2.75) is 19.1 Å². The van der Waals surface area contributed by atoms with Gasteiger partial charge in [0.2, 0.25) is 5.91 Å². The number of rotatable bonds is 5. The summed E-state index contributed by atoms with van der Waals surface area (Å²) in [7, 11) is 1.50. The number of hydrogen-bond donors (Lipinski definition) is 2. The molecule has 0 spiro atoms. The largest absolute Gasteiger partial charge is 0.506 e. The average Bonchev–Trinajstić information content (AvgIpc) is 2.69. The summed E-state index contributed by atoms with van der Waals surface area (Å²) in [6.45, 7) is 2.15. The zero-order valence-electron chi connectivity index (χ0n) is 15.2. The Morgan fingerprint density at radius 1 is 1.30 bits per heavy atom. The van der Waals surface area contributed by atoms with Crippen LogP contribution in [0.4, 0.5) is 5.69 Å². The van der Waals surface area contributed by atoms with Crippen LogP contribution in [-0.4, -0.2) is 48.2 Å². The average molecular weight is 370 g/mol. The van der Waals surface area contributed by atoms with E-state index in [-0.39, 0.29) is 24.0 Å². The van der Waals surface area contributed by atoms with Crippen LogP contribution in [-0.2, 0) is 14.3 Å². The Labute approximate surface area is 157 Å². The van der Waals surface area contributed by atoms with Crippen molar-refractivity contribution in [3.63, 3.8) is 0 Å². The quantitative estimate of drug-likeness (QED) is 0.789. The predicted octanol–water partition coefficient (Wildman–Crippen LogP) is 2.33. The van der Waals surface area contributed by atoms with Crippen molar-refractivity contribution in [2.24, 2.45) is 0 Å². The fourth-order valence-corrected chi connectivity index (χ4v) is 3.20. The number of aromatic hydroxyl groups is 1. The number of phenolic OH excluding ortho intramolecular Hbond substituents is 1. The molecule has 0 aromatic heterocycles. The van der Waals surface area contributed by atoms with E-state index in [0.717, 1.165) is 5.56 Å². The van der Waals surface area contributed by atoms with Gasteiger partial charge in [-0.25, -0.2) is 0 Å². The Hall–Kier alpha value is -3.06. The van der Waals surface area contributed by atoms with Gasteiger partial charge >= 0.3 is 0 Å².